The molecule has 0 spiro atoms. The van der Waals surface area contributed by atoms with Crippen LogP contribution in [0.1, 0.15) is 257 Å². The van der Waals surface area contributed by atoms with Gasteiger partial charge in [0, 0.05) is 45.4 Å². The Balaban J connectivity index is 1.31. The van der Waals surface area contributed by atoms with Crippen LogP contribution in [0.15, 0.2) is 79.4 Å². The molecule has 0 bridgehead atoms. The molecule has 8 aromatic rings. The third-order valence-electron chi connectivity index (χ3n) is 18.0. The van der Waals surface area contributed by atoms with Gasteiger partial charge in [-0.3, -0.25) is 0 Å². The minimum atomic E-state index is -0.695. The molecule has 4 amide bonds. The second-order valence-corrected chi connectivity index (χ2v) is 36.7. The van der Waals surface area contributed by atoms with Gasteiger partial charge in [0.05, 0.1) is 73.7 Å². The fourth-order valence-electron chi connectivity index (χ4n) is 12.2. The number of amides is 4. The lowest BCUT2D eigenvalue weighted by atomic mass is 9.80. The minimum Gasteiger partial charge on any atom is -0.487 e. The van der Waals surface area contributed by atoms with Crippen LogP contribution in [0.3, 0.4) is 0 Å². The number of rotatable bonds is 31. The number of ether oxygens (including phenoxy) is 8. The molecule has 0 aliphatic rings. The van der Waals surface area contributed by atoms with E-state index in [4.69, 9.17) is 37.9 Å². The van der Waals surface area contributed by atoms with E-state index in [1.165, 1.54) is 0 Å². The molecule has 4 N–H and O–H groups in total. The Morgan fingerprint density at radius 3 is 0.814 bits per heavy atom. The summed E-state index contributed by atoms with van der Waals surface area (Å²) >= 11 is 0. The SMILES string of the molecule is CCc1cc(C(C)(C)C)cc(Cc2cc(C(C)(C)C)cc(Cc3cc(C(C)(C)C)cc(Cc4cc(C(C)(C)C)ccc4OCc4cnnn4CCNC(=O)OC(C)(C)C)c3OCc3cnnn3CCNC(=O)OC(C)(C)C)c2OCc2cnnn2CCNC(=O)OC(C)(C)C)c1OCc1cnnn1CCNC(=O)OC(C)(C)C. The Morgan fingerprint density at radius 2 is 0.558 bits per heavy atom. The molecule has 8 rings (SSSR count). The molecule has 113 heavy (non-hydrogen) atoms. The van der Waals surface area contributed by atoms with Gasteiger partial charge in [-0.15, -0.1) is 20.4 Å². The molecule has 0 saturated carbocycles. The van der Waals surface area contributed by atoms with Gasteiger partial charge < -0.3 is 59.2 Å². The van der Waals surface area contributed by atoms with Crippen molar-refractivity contribution in [3.8, 4) is 23.0 Å². The highest BCUT2D eigenvalue weighted by Gasteiger charge is 2.30. The highest BCUT2D eigenvalue weighted by Crippen LogP contribution is 2.43. The average Bonchev–Trinajstić information content (AvgIpc) is 1.05. The van der Waals surface area contributed by atoms with E-state index in [0.717, 1.165) is 66.9 Å². The number of nitrogens with zero attached hydrogens (tertiary/aromatic N) is 12. The van der Waals surface area contributed by atoms with E-state index in [-0.39, 0.29) is 76.5 Å². The lowest BCUT2D eigenvalue weighted by Gasteiger charge is -2.28. The van der Waals surface area contributed by atoms with Gasteiger partial charge in [0.25, 0.3) is 0 Å². The van der Waals surface area contributed by atoms with Gasteiger partial charge in [-0.1, -0.05) is 159 Å². The van der Waals surface area contributed by atoms with Crippen molar-refractivity contribution >= 4 is 24.4 Å². The normalized spacial score (nSPS) is 12.5. The van der Waals surface area contributed by atoms with E-state index in [1.807, 2.05) is 89.2 Å². The van der Waals surface area contributed by atoms with Crippen molar-refractivity contribution in [2.75, 3.05) is 26.2 Å². The summed E-state index contributed by atoms with van der Waals surface area (Å²) in [6.07, 6.45) is 6.21. The van der Waals surface area contributed by atoms with Gasteiger partial charge in [-0.2, -0.15) is 0 Å². The molecule has 0 radical (unpaired) electrons. The predicted octanol–water partition coefficient (Wildman–Crippen LogP) is 15.0. The van der Waals surface area contributed by atoms with Crippen LogP contribution in [-0.2, 0) is 119 Å². The first-order chi connectivity index (χ1) is 52.6. The molecule has 0 unspecified atom stereocenters. The quantitative estimate of drug-likeness (QED) is 0.0293. The molecule has 4 aromatic heterocycles. The number of carbonyl (C=O) groups excluding carboxylic acids is 4. The van der Waals surface area contributed by atoms with Crippen molar-refractivity contribution in [3.05, 3.63) is 163 Å². The van der Waals surface area contributed by atoms with E-state index in [1.54, 1.807) is 43.5 Å². The van der Waals surface area contributed by atoms with Gasteiger partial charge in [0.15, 0.2) is 0 Å². The standard InChI is InChI=1S/C85H124N16O12/c1-26-55-40-63(79(5,6)7)43-58(71(55)107-52-67-48-91-95-99(67)34-30-87-75(103)111-83(17,18)19)38-59-44-65(81(11,12)13)46-61(73(59)109-54-69-50-93-97-101(69)36-32-89-77(105)113-85(23,24)25)39-60-45-64(80(8,9)10)42-57(72(60)108-53-68-49-92-96-100(68)35-31-88-76(104)112-84(20,21)22)37-56-41-62(78(2,3)4)27-28-70(56)106-51-66-47-90-94-98(66)33-29-86-74(102)110-82(14,15)16/h27-28,40-50H,26,29-39,51-54H2,1-25H3,(H,86,102)(H,87,103)(H,88,104)(H,89,105). The summed E-state index contributed by atoms with van der Waals surface area (Å²) < 4.78 is 57.9. The van der Waals surface area contributed by atoms with E-state index in [9.17, 15) is 19.2 Å². The van der Waals surface area contributed by atoms with Gasteiger partial charge >= 0.3 is 24.4 Å². The molecule has 28 heteroatoms. The van der Waals surface area contributed by atoms with Gasteiger partial charge in [0.2, 0.25) is 0 Å². The monoisotopic (exact) mass is 1560 g/mol. The third-order valence-corrected chi connectivity index (χ3v) is 18.0. The molecular weight excluding hydrogens is 1440 g/mol. The molecule has 0 atom stereocenters. The number of benzene rings is 4. The first kappa shape index (κ1) is 88.3. The summed E-state index contributed by atoms with van der Waals surface area (Å²) in [7, 11) is 0. The average molecular weight is 1560 g/mol. The number of nitrogens with one attached hydrogen (secondary N) is 4. The van der Waals surface area contributed by atoms with Crippen LogP contribution in [-0.4, -0.2) is 133 Å². The van der Waals surface area contributed by atoms with Crippen molar-refractivity contribution in [2.45, 2.75) is 295 Å². The summed E-state index contributed by atoms with van der Waals surface area (Å²) in [5, 5.41) is 46.4. The molecule has 0 aliphatic carbocycles. The minimum absolute atomic E-state index is 0.0301. The van der Waals surface area contributed by atoms with E-state index < -0.39 is 57.6 Å². The van der Waals surface area contributed by atoms with Gasteiger partial charge in [-0.25, -0.2) is 37.9 Å². The summed E-state index contributed by atoms with van der Waals surface area (Å²) in [5.74, 6) is 2.60. The fourth-order valence-corrected chi connectivity index (χ4v) is 12.2. The lowest BCUT2D eigenvalue weighted by molar-refractivity contribution is 0.0513. The number of aryl methyl sites for hydroxylation is 1. The molecule has 0 fully saturated rings. The van der Waals surface area contributed by atoms with Crippen LogP contribution in [0.25, 0.3) is 0 Å². The third kappa shape index (κ3) is 27.2. The predicted molar refractivity (Wildman–Crippen MR) is 433 cm³/mol. The molecule has 4 heterocycles. The maximum atomic E-state index is 12.9. The highest BCUT2D eigenvalue weighted by atomic mass is 16.6. The van der Waals surface area contributed by atoms with Crippen LogP contribution in [0.4, 0.5) is 19.2 Å². The van der Waals surface area contributed by atoms with Crippen molar-refractivity contribution in [3.63, 3.8) is 0 Å². The topological polar surface area (TPSA) is 313 Å². The van der Waals surface area contributed by atoms with E-state index in [2.05, 4.69) is 201 Å². The van der Waals surface area contributed by atoms with Gasteiger partial charge in [-0.05, 0) is 178 Å². The van der Waals surface area contributed by atoms with Gasteiger partial charge in [0.1, 0.15) is 71.8 Å². The zero-order valence-electron chi connectivity index (χ0n) is 71.6. The van der Waals surface area contributed by atoms with Crippen LogP contribution in [0, 0.1) is 0 Å². The maximum Gasteiger partial charge on any atom is 0.407 e. The van der Waals surface area contributed by atoms with Crippen molar-refractivity contribution < 1.29 is 57.1 Å². The van der Waals surface area contributed by atoms with Crippen LogP contribution < -0.4 is 40.2 Å². The second-order valence-electron chi connectivity index (χ2n) is 36.7. The summed E-state index contributed by atoms with van der Waals surface area (Å²) in [6, 6.07) is 19.8. The number of hydrogen-bond acceptors (Lipinski definition) is 20. The largest absolute Gasteiger partial charge is 0.487 e. The van der Waals surface area contributed by atoms with E-state index >= 15 is 0 Å². The number of carbonyl (C=O) groups is 4. The Morgan fingerprint density at radius 1 is 0.319 bits per heavy atom. The fraction of sp³-hybridized carbons (Fsp3) is 0.576. The van der Waals surface area contributed by atoms with Crippen LogP contribution >= 0.6 is 0 Å². The van der Waals surface area contributed by atoms with Crippen molar-refractivity contribution in [1.29, 1.82) is 0 Å². The van der Waals surface area contributed by atoms with Crippen LogP contribution in [0.5, 0.6) is 23.0 Å². The Labute approximate surface area is 667 Å². The zero-order valence-corrected chi connectivity index (χ0v) is 71.6. The Hall–Kier alpha value is -10.3. The number of aromatic nitrogens is 12. The molecular formula is C85H124N16O12. The van der Waals surface area contributed by atoms with Crippen molar-refractivity contribution in [1.82, 2.24) is 81.2 Å². The highest BCUT2D eigenvalue weighted by molar-refractivity contribution is 5.69. The maximum absolute atomic E-state index is 12.9. The first-order valence-corrected chi connectivity index (χ1v) is 39.1. The zero-order chi connectivity index (χ0) is 83.2. The molecule has 0 saturated heterocycles. The van der Waals surface area contributed by atoms with Crippen LogP contribution in [0.2, 0.25) is 0 Å². The Bertz CT molecular complexity index is 4530. The molecule has 4 aromatic carbocycles. The molecule has 28 nitrogen and oxygen atoms in total. The van der Waals surface area contributed by atoms with Crippen molar-refractivity contribution in [2.24, 2.45) is 0 Å². The number of hydrogen-bond donors (Lipinski definition) is 4. The smallest absolute Gasteiger partial charge is 0.407 e. The summed E-state index contributed by atoms with van der Waals surface area (Å²) in [5.41, 5.74) is 9.31. The van der Waals surface area contributed by atoms with E-state index in [0.29, 0.717) is 78.8 Å². The lowest BCUT2D eigenvalue weighted by Crippen LogP contribution is -2.34. The molecule has 0 aliphatic heterocycles. The Kier molecular flexibility index (Phi) is 28.7. The number of alkyl carbamates (subject to hydrolysis) is 4. The summed E-state index contributed by atoms with van der Waals surface area (Å²) in [4.78, 5) is 51.3. The summed E-state index contributed by atoms with van der Waals surface area (Å²) in [6.45, 7) is 52.8. The molecule has 616 valence electrons. The first-order valence-electron chi connectivity index (χ1n) is 39.1. The second kappa shape index (κ2) is 36.7.